The van der Waals surface area contributed by atoms with Crippen LogP contribution in [0.3, 0.4) is 0 Å². The standard InChI is InChI=1S/C10H16N4O2/c1-7(2)14(6-10(15)16-3)9-5-12-8(11)4-13-9/h4-5,7H,6H2,1-3H3,(H2,11,12). The van der Waals surface area contributed by atoms with Gasteiger partial charge in [-0.25, -0.2) is 9.97 Å². The summed E-state index contributed by atoms with van der Waals surface area (Å²) in [4.78, 5) is 21.1. The predicted octanol–water partition coefficient (Wildman–Crippen LogP) is 0.447. The first-order valence-electron chi connectivity index (χ1n) is 4.95. The molecule has 0 radical (unpaired) electrons. The van der Waals surface area contributed by atoms with Crippen LogP contribution >= 0.6 is 0 Å². The molecule has 0 atom stereocenters. The van der Waals surface area contributed by atoms with Crippen LogP contribution in [0.15, 0.2) is 12.4 Å². The highest BCUT2D eigenvalue weighted by molar-refractivity contribution is 5.75. The van der Waals surface area contributed by atoms with E-state index in [4.69, 9.17) is 5.73 Å². The van der Waals surface area contributed by atoms with Crippen LogP contribution in [0.25, 0.3) is 0 Å². The largest absolute Gasteiger partial charge is 0.468 e. The van der Waals surface area contributed by atoms with E-state index in [0.717, 1.165) is 0 Å². The molecule has 0 aliphatic carbocycles. The van der Waals surface area contributed by atoms with Gasteiger partial charge in [-0.2, -0.15) is 0 Å². The number of methoxy groups -OCH3 is 1. The summed E-state index contributed by atoms with van der Waals surface area (Å²) in [6, 6.07) is 0.122. The van der Waals surface area contributed by atoms with Gasteiger partial charge in [0.25, 0.3) is 0 Å². The Hall–Kier alpha value is -1.85. The fourth-order valence-electron chi connectivity index (χ4n) is 1.21. The first-order valence-corrected chi connectivity index (χ1v) is 4.95. The van der Waals surface area contributed by atoms with Crippen molar-refractivity contribution >= 4 is 17.6 Å². The molecule has 0 aliphatic heterocycles. The number of nitrogens with zero attached hydrogens (tertiary/aromatic N) is 3. The van der Waals surface area contributed by atoms with Gasteiger partial charge in [-0.1, -0.05) is 0 Å². The van der Waals surface area contributed by atoms with Gasteiger partial charge in [0, 0.05) is 6.04 Å². The minimum atomic E-state index is -0.313. The van der Waals surface area contributed by atoms with Crippen molar-refractivity contribution in [3.05, 3.63) is 12.4 Å². The van der Waals surface area contributed by atoms with Crippen LogP contribution in [-0.4, -0.2) is 35.6 Å². The molecule has 0 aromatic carbocycles. The molecule has 0 saturated carbocycles. The Balaban J connectivity index is 2.85. The SMILES string of the molecule is COC(=O)CN(c1cnc(N)cn1)C(C)C. The van der Waals surface area contributed by atoms with Gasteiger partial charge in [-0.05, 0) is 13.8 Å². The predicted molar refractivity (Wildman–Crippen MR) is 60.9 cm³/mol. The van der Waals surface area contributed by atoms with Crippen molar-refractivity contribution in [2.75, 3.05) is 24.3 Å². The number of nitrogens with two attached hydrogens (primary N) is 1. The quantitative estimate of drug-likeness (QED) is 0.748. The average Bonchev–Trinajstić information content (AvgIpc) is 2.26. The molecular weight excluding hydrogens is 208 g/mol. The number of carbonyl (C=O) groups excluding carboxylic acids is 1. The summed E-state index contributed by atoms with van der Waals surface area (Å²) in [5, 5.41) is 0. The molecule has 0 amide bonds. The summed E-state index contributed by atoms with van der Waals surface area (Å²) in [5.74, 6) is 0.646. The molecule has 1 aromatic rings. The van der Waals surface area contributed by atoms with Crippen molar-refractivity contribution < 1.29 is 9.53 Å². The van der Waals surface area contributed by atoms with Crippen LogP contribution in [-0.2, 0) is 9.53 Å². The van der Waals surface area contributed by atoms with Gasteiger partial charge in [0.2, 0.25) is 0 Å². The summed E-state index contributed by atoms with van der Waals surface area (Å²) >= 11 is 0. The smallest absolute Gasteiger partial charge is 0.325 e. The summed E-state index contributed by atoms with van der Waals surface area (Å²) in [7, 11) is 1.36. The van der Waals surface area contributed by atoms with Gasteiger partial charge < -0.3 is 15.4 Å². The maximum atomic E-state index is 11.2. The Kier molecular flexibility index (Phi) is 4.04. The minimum absolute atomic E-state index is 0.122. The van der Waals surface area contributed by atoms with E-state index in [1.807, 2.05) is 13.8 Å². The Morgan fingerprint density at radius 2 is 2.19 bits per heavy atom. The molecule has 16 heavy (non-hydrogen) atoms. The van der Waals surface area contributed by atoms with Crippen LogP contribution in [0.2, 0.25) is 0 Å². The number of anilines is 2. The molecule has 88 valence electrons. The van der Waals surface area contributed by atoms with E-state index < -0.39 is 0 Å². The molecule has 0 spiro atoms. The Morgan fingerprint density at radius 3 is 2.62 bits per heavy atom. The van der Waals surface area contributed by atoms with E-state index in [-0.39, 0.29) is 18.6 Å². The fraction of sp³-hybridized carbons (Fsp3) is 0.500. The zero-order valence-electron chi connectivity index (χ0n) is 9.67. The number of hydrogen-bond acceptors (Lipinski definition) is 6. The lowest BCUT2D eigenvalue weighted by atomic mass is 10.3. The van der Waals surface area contributed by atoms with Gasteiger partial charge in [0.1, 0.15) is 18.2 Å². The maximum Gasteiger partial charge on any atom is 0.325 e. The van der Waals surface area contributed by atoms with Crippen molar-refractivity contribution in [1.29, 1.82) is 0 Å². The second-order valence-electron chi connectivity index (χ2n) is 3.60. The lowest BCUT2D eigenvalue weighted by molar-refractivity contribution is -0.139. The van der Waals surface area contributed by atoms with Crippen molar-refractivity contribution in [2.45, 2.75) is 19.9 Å². The third kappa shape index (κ3) is 3.08. The van der Waals surface area contributed by atoms with Crippen molar-refractivity contribution in [2.24, 2.45) is 0 Å². The first kappa shape index (κ1) is 12.2. The molecule has 2 N–H and O–H groups in total. The molecule has 1 aromatic heterocycles. The molecular formula is C10H16N4O2. The summed E-state index contributed by atoms with van der Waals surface area (Å²) in [6.07, 6.45) is 3.00. The van der Waals surface area contributed by atoms with Crippen molar-refractivity contribution in [1.82, 2.24) is 9.97 Å². The highest BCUT2D eigenvalue weighted by Gasteiger charge is 2.16. The second-order valence-corrected chi connectivity index (χ2v) is 3.60. The van der Waals surface area contributed by atoms with E-state index in [9.17, 15) is 4.79 Å². The normalized spacial score (nSPS) is 10.2. The molecule has 0 saturated heterocycles. The summed E-state index contributed by atoms with van der Waals surface area (Å²) < 4.78 is 4.62. The van der Waals surface area contributed by atoms with E-state index in [2.05, 4.69) is 14.7 Å². The third-order valence-corrected chi connectivity index (χ3v) is 2.10. The van der Waals surface area contributed by atoms with Crippen LogP contribution in [0.1, 0.15) is 13.8 Å². The lowest BCUT2D eigenvalue weighted by Crippen LogP contribution is -2.36. The number of ether oxygens (including phenoxy) is 1. The Bertz CT molecular complexity index is 350. The minimum Gasteiger partial charge on any atom is -0.468 e. The molecule has 0 fully saturated rings. The number of nitrogen functional groups attached to an aromatic ring is 1. The van der Waals surface area contributed by atoms with E-state index in [1.165, 1.54) is 19.5 Å². The average molecular weight is 224 g/mol. The molecule has 1 heterocycles. The lowest BCUT2D eigenvalue weighted by Gasteiger charge is -2.26. The highest BCUT2D eigenvalue weighted by Crippen LogP contribution is 2.12. The number of hydrogen-bond donors (Lipinski definition) is 1. The molecule has 6 heteroatoms. The summed E-state index contributed by atoms with van der Waals surface area (Å²) in [6.45, 7) is 4.06. The molecule has 0 bridgehead atoms. The number of aromatic nitrogens is 2. The maximum absolute atomic E-state index is 11.2. The summed E-state index contributed by atoms with van der Waals surface area (Å²) in [5.41, 5.74) is 5.45. The number of esters is 1. The van der Waals surface area contributed by atoms with Gasteiger partial charge in [-0.3, -0.25) is 4.79 Å². The number of rotatable bonds is 4. The van der Waals surface area contributed by atoms with Crippen LogP contribution < -0.4 is 10.6 Å². The van der Waals surface area contributed by atoms with Crippen LogP contribution in [0, 0.1) is 0 Å². The third-order valence-electron chi connectivity index (χ3n) is 2.10. The van der Waals surface area contributed by atoms with Crippen molar-refractivity contribution in [3.8, 4) is 0 Å². The molecule has 1 rings (SSSR count). The Labute approximate surface area is 94.4 Å². The van der Waals surface area contributed by atoms with Gasteiger partial charge in [0.15, 0.2) is 0 Å². The molecule has 0 unspecified atom stereocenters. The topological polar surface area (TPSA) is 81.3 Å². The zero-order chi connectivity index (χ0) is 12.1. The highest BCUT2D eigenvalue weighted by atomic mass is 16.5. The first-order chi connectivity index (χ1) is 7.54. The molecule has 0 aliphatic rings. The van der Waals surface area contributed by atoms with Gasteiger partial charge in [0.05, 0.1) is 19.5 Å². The monoisotopic (exact) mass is 224 g/mol. The molecule has 6 nitrogen and oxygen atoms in total. The zero-order valence-corrected chi connectivity index (χ0v) is 9.67. The fourth-order valence-corrected chi connectivity index (χ4v) is 1.21. The van der Waals surface area contributed by atoms with E-state index in [0.29, 0.717) is 11.6 Å². The van der Waals surface area contributed by atoms with Crippen LogP contribution in [0.4, 0.5) is 11.6 Å². The van der Waals surface area contributed by atoms with Crippen LogP contribution in [0.5, 0.6) is 0 Å². The van der Waals surface area contributed by atoms with Crippen molar-refractivity contribution in [3.63, 3.8) is 0 Å². The van der Waals surface area contributed by atoms with E-state index in [1.54, 1.807) is 4.90 Å². The van der Waals surface area contributed by atoms with Gasteiger partial charge >= 0.3 is 5.97 Å². The van der Waals surface area contributed by atoms with Gasteiger partial charge in [-0.15, -0.1) is 0 Å². The number of carbonyl (C=O) groups is 1. The van der Waals surface area contributed by atoms with E-state index >= 15 is 0 Å². The Morgan fingerprint density at radius 1 is 1.50 bits per heavy atom. The second kappa shape index (κ2) is 5.29.